The quantitative estimate of drug-likeness (QED) is 0.177. The van der Waals surface area contributed by atoms with E-state index in [1.54, 1.807) is 11.3 Å². The van der Waals surface area contributed by atoms with Crippen molar-refractivity contribution in [3.8, 4) is 0 Å². The van der Waals surface area contributed by atoms with Crippen molar-refractivity contribution < 1.29 is 0 Å². The van der Waals surface area contributed by atoms with Crippen molar-refractivity contribution in [2.24, 2.45) is 4.99 Å². The van der Waals surface area contributed by atoms with E-state index in [2.05, 4.69) is 55.8 Å². The van der Waals surface area contributed by atoms with Crippen molar-refractivity contribution in [2.75, 3.05) is 32.4 Å². The van der Waals surface area contributed by atoms with Gasteiger partial charge in [0.05, 0.1) is 0 Å². The number of guanidine groups is 1. The Hall–Kier alpha value is -0.840. The maximum Gasteiger partial charge on any atom is 0.191 e. The standard InChI is InChI=1S/C20H29N5S2.HI/c1-21-19(22-10-5-14-26-20-23-11-15-27-20)24-18-8-12-25(13-9-18)16-17-6-3-2-4-7-17;/h2-4,6-7,11,15,18H,5,8-10,12-14,16H2,1H3,(H2,21,22,24);1H. The molecule has 1 aromatic carbocycles. The summed E-state index contributed by atoms with van der Waals surface area (Å²) in [5.74, 6) is 2.01. The van der Waals surface area contributed by atoms with Gasteiger partial charge in [-0.05, 0) is 24.8 Å². The summed E-state index contributed by atoms with van der Waals surface area (Å²) in [6.07, 6.45) is 5.28. The average molecular weight is 532 g/mol. The van der Waals surface area contributed by atoms with Gasteiger partial charge in [0.15, 0.2) is 5.96 Å². The molecular weight excluding hydrogens is 501 g/mol. The van der Waals surface area contributed by atoms with Crippen LogP contribution in [0.5, 0.6) is 0 Å². The van der Waals surface area contributed by atoms with Gasteiger partial charge in [0, 0.05) is 56.6 Å². The summed E-state index contributed by atoms with van der Waals surface area (Å²) in [7, 11) is 1.85. The zero-order valence-electron chi connectivity index (χ0n) is 16.3. The van der Waals surface area contributed by atoms with Gasteiger partial charge in [-0.25, -0.2) is 4.98 Å². The van der Waals surface area contributed by atoms with E-state index in [9.17, 15) is 0 Å². The number of hydrogen-bond donors (Lipinski definition) is 2. The van der Waals surface area contributed by atoms with Crippen LogP contribution in [0.1, 0.15) is 24.8 Å². The summed E-state index contributed by atoms with van der Waals surface area (Å²) in [5, 5.41) is 9.06. The average Bonchev–Trinajstić information content (AvgIpc) is 3.22. The molecule has 0 unspecified atom stereocenters. The Labute approximate surface area is 193 Å². The van der Waals surface area contributed by atoms with Gasteiger partial charge in [0.1, 0.15) is 4.34 Å². The van der Waals surface area contributed by atoms with Crippen LogP contribution in [-0.2, 0) is 6.54 Å². The van der Waals surface area contributed by atoms with E-state index in [0.29, 0.717) is 6.04 Å². The Morgan fingerprint density at radius 2 is 2.07 bits per heavy atom. The summed E-state index contributed by atoms with van der Waals surface area (Å²) in [6.45, 7) is 4.25. The van der Waals surface area contributed by atoms with Crippen molar-refractivity contribution in [3.05, 3.63) is 47.5 Å². The molecule has 2 N–H and O–H groups in total. The van der Waals surface area contributed by atoms with Gasteiger partial charge in [0.25, 0.3) is 0 Å². The molecule has 0 spiro atoms. The summed E-state index contributed by atoms with van der Waals surface area (Å²) < 4.78 is 1.15. The fourth-order valence-corrected chi connectivity index (χ4v) is 4.83. The van der Waals surface area contributed by atoms with Crippen molar-refractivity contribution in [1.29, 1.82) is 0 Å². The van der Waals surface area contributed by atoms with E-state index >= 15 is 0 Å². The van der Waals surface area contributed by atoms with E-state index in [1.165, 1.54) is 5.56 Å². The topological polar surface area (TPSA) is 52.6 Å². The molecule has 0 bridgehead atoms. The summed E-state index contributed by atoms with van der Waals surface area (Å²) in [4.78, 5) is 11.2. The van der Waals surface area contributed by atoms with Crippen LogP contribution in [0.3, 0.4) is 0 Å². The van der Waals surface area contributed by atoms with E-state index < -0.39 is 0 Å². The molecule has 2 heterocycles. The largest absolute Gasteiger partial charge is 0.356 e. The number of benzene rings is 1. The molecule has 28 heavy (non-hydrogen) atoms. The van der Waals surface area contributed by atoms with Gasteiger partial charge >= 0.3 is 0 Å². The molecule has 0 radical (unpaired) electrons. The molecule has 0 amide bonds. The molecule has 1 aromatic heterocycles. The van der Waals surface area contributed by atoms with Crippen LogP contribution in [0.15, 0.2) is 51.2 Å². The summed E-state index contributed by atoms with van der Waals surface area (Å²) in [5.41, 5.74) is 1.40. The molecule has 1 aliphatic rings. The number of likely N-dealkylation sites (tertiary alicyclic amines) is 1. The molecule has 5 nitrogen and oxygen atoms in total. The number of halogens is 1. The third-order valence-electron chi connectivity index (χ3n) is 4.65. The SMILES string of the molecule is CN=C(NCCCSc1nccs1)NC1CCN(Cc2ccccc2)CC1.I. The fourth-order valence-electron chi connectivity index (χ4n) is 3.19. The second kappa shape index (κ2) is 13.4. The van der Waals surface area contributed by atoms with Crippen molar-refractivity contribution >= 4 is 53.0 Å². The lowest BCUT2D eigenvalue weighted by molar-refractivity contribution is 0.198. The number of rotatable bonds is 8. The lowest BCUT2D eigenvalue weighted by Gasteiger charge is -2.33. The second-order valence-corrected chi connectivity index (χ2v) is 8.92. The zero-order chi connectivity index (χ0) is 18.7. The first kappa shape index (κ1) is 23.4. The molecule has 8 heteroatoms. The second-order valence-electron chi connectivity index (χ2n) is 6.68. The number of piperidine rings is 1. The van der Waals surface area contributed by atoms with Crippen LogP contribution >= 0.6 is 47.1 Å². The Bertz CT molecular complexity index is 673. The monoisotopic (exact) mass is 531 g/mol. The molecule has 154 valence electrons. The maximum atomic E-state index is 4.38. The third kappa shape index (κ3) is 8.26. The molecule has 0 aliphatic carbocycles. The highest BCUT2D eigenvalue weighted by Crippen LogP contribution is 2.20. The number of hydrogen-bond acceptors (Lipinski definition) is 5. The van der Waals surface area contributed by atoms with Gasteiger partial charge in [-0.2, -0.15) is 0 Å². The summed E-state index contributed by atoms with van der Waals surface area (Å²) >= 11 is 3.53. The molecular formula is C20H30IN5S2. The highest BCUT2D eigenvalue weighted by molar-refractivity contribution is 14.0. The fraction of sp³-hybridized carbons (Fsp3) is 0.500. The number of thiazole rings is 1. The number of thioether (sulfide) groups is 1. The van der Waals surface area contributed by atoms with Gasteiger partial charge in [-0.1, -0.05) is 42.1 Å². The van der Waals surface area contributed by atoms with Crippen LogP contribution < -0.4 is 10.6 Å². The van der Waals surface area contributed by atoms with Crippen LogP contribution in [0.4, 0.5) is 0 Å². The highest BCUT2D eigenvalue weighted by atomic mass is 127. The normalized spacial score (nSPS) is 15.8. The minimum Gasteiger partial charge on any atom is -0.356 e. The molecule has 1 saturated heterocycles. The minimum atomic E-state index is 0. The molecule has 1 fully saturated rings. The lowest BCUT2D eigenvalue weighted by Crippen LogP contribution is -2.48. The lowest BCUT2D eigenvalue weighted by atomic mass is 10.0. The smallest absolute Gasteiger partial charge is 0.191 e. The van der Waals surface area contributed by atoms with E-state index in [1.807, 2.05) is 30.4 Å². The third-order valence-corrected chi connectivity index (χ3v) is 6.70. The minimum absolute atomic E-state index is 0. The Morgan fingerprint density at radius 3 is 2.75 bits per heavy atom. The number of nitrogens with zero attached hydrogens (tertiary/aromatic N) is 3. The van der Waals surface area contributed by atoms with E-state index in [4.69, 9.17) is 0 Å². The van der Waals surface area contributed by atoms with Crippen molar-refractivity contribution in [2.45, 2.75) is 36.2 Å². The van der Waals surface area contributed by atoms with Crippen LogP contribution in [-0.4, -0.2) is 54.3 Å². The predicted octanol–water partition coefficient (Wildman–Crippen LogP) is 4.07. The summed E-state index contributed by atoms with van der Waals surface area (Å²) in [6, 6.07) is 11.2. The Kier molecular flexibility index (Phi) is 11.2. The number of aliphatic imine (C=N–C) groups is 1. The van der Waals surface area contributed by atoms with E-state index in [0.717, 1.165) is 61.5 Å². The molecule has 0 atom stereocenters. The molecule has 0 saturated carbocycles. The molecule has 1 aliphatic heterocycles. The first-order chi connectivity index (χ1) is 13.3. The Morgan fingerprint density at radius 1 is 1.29 bits per heavy atom. The predicted molar refractivity (Wildman–Crippen MR) is 132 cm³/mol. The van der Waals surface area contributed by atoms with Crippen molar-refractivity contribution in [3.63, 3.8) is 0 Å². The van der Waals surface area contributed by atoms with Crippen LogP contribution in [0, 0.1) is 0 Å². The Balaban J connectivity index is 0.00000280. The van der Waals surface area contributed by atoms with Gasteiger partial charge in [0.2, 0.25) is 0 Å². The maximum absolute atomic E-state index is 4.38. The van der Waals surface area contributed by atoms with Crippen molar-refractivity contribution in [1.82, 2.24) is 20.5 Å². The van der Waals surface area contributed by atoms with Crippen LogP contribution in [0.2, 0.25) is 0 Å². The first-order valence-corrected chi connectivity index (χ1v) is 11.5. The van der Waals surface area contributed by atoms with Gasteiger partial charge in [-0.15, -0.1) is 35.3 Å². The highest BCUT2D eigenvalue weighted by Gasteiger charge is 2.19. The number of aromatic nitrogens is 1. The number of nitrogens with one attached hydrogen (secondary N) is 2. The van der Waals surface area contributed by atoms with Crippen LogP contribution in [0.25, 0.3) is 0 Å². The molecule has 3 rings (SSSR count). The van der Waals surface area contributed by atoms with E-state index in [-0.39, 0.29) is 24.0 Å². The zero-order valence-corrected chi connectivity index (χ0v) is 20.3. The van der Waals surface area contributed by atoms with Gasteiger partial charge in [-0.3, -0.25) is 9.89 Å². The van der Waals surface area contributed by atoms with Gasteiger partial charge < -0.3 is 10.6 Å². The first-order valence-electron chi connectivity index (χ1n) is 9.59. The molecule has 2 aromatic rings.